The van der Waals surface area contributed by atoms with Crippen LogP contribution in [0.1, 0.15) is 28.8 Å². The lowest BCUT2D eigenvalue weighted by molar-refractivity contribution is -0.121. The number of para-hydroxylation sites is 1. The summed E-state index contributed by atoms with van der Waals surface area (Å²) in [6, 6.07) is 12.7. The number of halogens is 1. The van der Waals surface area contributed by atoms with Crippen LogP contribution in [0.2, 0.25) is 5.02 Å². The summed E-state index contributed by atoms with van der Waals surface area (Å²) in [5.74, 6) is -0.377. The van der Waals surface area contributed by atoms with Crippen LogP contribution in [0.4, 0.5) is 0 Å². The first kappa shape index (κ1) is 18.8. The van der Waals surface area contributed by atoms with E-state index in [9.17, 15) is 9.59 Å². The van der Waals surface area contributed by atoms with Crippen molar-refractivity contribution in [3.63, 3.8) is 0 Å². The van der Waals surface area contributed by atoms with E-state index in [2.05, 4.69) is 21.9 Å². The standard InChI is InChI=1S/C20H20ClN3O3/c1-27-18-11-14(21)9-10-16(18)20(26)24-23-19(25)8-4-5-13-12-22-17-7-3-2-6-15(13)17/h2-3,6-7,9-12,22H,4-5,8H2,1H3,(H,23,25)(H,24,26). The number of H-pyrrole nitrogens is 1. The van der Waals surface area contributed by atoms with Gasteiger partial charge in [-0.15, -0.1) is 0 Å². The highest BCUT2D eigenvalue weighted by Crippen LogP contribution is 2.23. The molecule has 0 atom stereocenters. The van der Waals surface area contributed by atoms with Crippen LogP contribution in [-0.2, 0) is 11.2 Å². The smallest absolute Gasteiger partial charge is 0.273 e. The Morgan fingerprint density at radius 1 is 1.15 bits per heavy atom. The maximum Gasteiger partial charge on any atom is 0.273 e. The minimum Gasteiger partial charge on any atom is -0.496 e. The van der Waals surface area contributed by atoms with Gasteiger partial charge in [-0.3, -0.25) is 20.4 Å². The van der Waals surface area contributed by atoms with Crippen LogP contribution < -0.4 is 15.6 Å². The normalized spacial score (nSPS) is 10.6. The lowest BCUT2D eigenvalue weighted by Gasteiger charge is -2.10. The van der Waals surface area contributed by atoms with Crippen LogP contribution in [0.25, 0.3) is 10.9 Å². The number of carbonyl (C=O) groups excluding carboxylic acids is 2. The summed E-state index contributed by atoms with van der Waals surface area (Å²) in [5.41, 5.74) is 7.38. The molecule has 0 unspecified atom stereocenters. The molecule has 1 aromatic heterocycles. The molecule has 0 fully saturated rings. The second kappa shape index (κ2) is 8.60. The number of methoxy groups -OCH3 is 1. The van der Waals surface area contributed by atoms with Gasteiger partial charge in [-0.2, -0.15) is 0 Å². The van der Waals surface area contributed by atoms with Gasteiger partial charge < -0.3 is 9.72 Å². The fraction of sp³-hybridized carbons (Fsp3) is 0.200. The molecule has 3 aromatic rings. The van der Waals surface area contributed by atoms with E-state index in [0.717, 1.165) is 11.9 Å². The summed E-state index contributed by atoms with van der Waals surface area (Å²) in [7, 11) is 1.45. The Morgan fingerprint density at radius 2 is 1.96 bits per heavy atom. The molecule has 7 heteroatoms. The molecule has 2 amide bonds. The Balaban J connectivity index is 1.48. The van der Waals surface area contributed by atoms with Gasteiger partial charge in [0.05, 0.1) is 12.7 Å². The van der Waals surface area contributed by atoms with E-state index in [0.29, 0.717) is 29.2 Å². The van der Waals surface area contributed by atoms with Crippen molar-refractivity contribution >= 4 is 34.3 Å². The quantitative estimate of drug-likeness (QED) is 0.567. The van der Waals surface area contributed by atoms with Crippen molar-refractivity contribution in [2.45, 2.75) is 19.3 Å². The van der Waals surface area contributed by atoms with E-state index in [1.165, 1.54) is 18.1 Å². The molecular formula is C20H20ClN3O3. The molecule has 0 saturated heterocycles. The van der Waals surface area contributed by atoms with Crippen molar-refractivity contribution in [1.82, 2.24) is 15.8 Å². The summed E-state index contributed by atoms with van der Waals surface area (Å²) < 4.78 is 5.13. The second-order valence-electron chi connectivity index (χ2n) is 6.06. The highest BCUT2D eigenvalue weighted by molar-refractivity contribution is 6.30. The summed E-state index contributed by atoms with van der Waals surface area (Å²) >= 11 is 5.88. The maximum absolute atomic E-state index is 12.2. The van der Waals surface area contributed by atoms with Crippen molar-refractivity contribution < 1.29 is 14.3 Å². The number of carbonyl (C=O) groups is 2. The average molecular weight is 386 g/mol. The number of amides is 2. The molecule has 27 heavy (non-hydrogen) atoms. The number of nitrogens with one attached hydrogen (secondary N) is 3. The van der Waals surface area contributed by atoms with Crippen LogP contribution in [0, 0.1) is 0 Å². The maximum atomic E-state index is 12.2. The Labute approximate surface area is 161 Å². The minimum atomic E-state index is -0.464. The number of hydrogen-bond acceptors (Lipinski definition) is 3. The zero-order valence-corrected chi connectivity index (χ0v) is 15.6. The molecule has 0 aliphatic carbocycles. The van der Waals surface area contributed by atoms with Gasteiger partial charge >= 0.3 is 0 Å². The average Bonchev–Trinajstić information content (AvgIpc) is 3.09. The Bertz CT molecular complexity index is 968. The molecule has 140 valence electrons. The van der Waals surface area contributed by atoms with E-state index in [4.69, 9.17) is 16.3 Å². The van der Waals surface area contributed by atoms with Gasteiger partial charge in [-0.05, 0) is 42.7 Å². The summed E-state index contributed by atoms with van der Waals surface area (Å²) in [5, 5.41) is 1.63. The van der Waals surface area contributed by atoms with Crippen LogP contribution in [-0.4, -0.2) is 23.9 Å². The monoisotopic (exact) mass is 385 g/mol. The van der Waals surface area contributed by atoms with Gasteiger partial charge in [0.25, 0.3) is 5.91 Å². The fourth-order valence-corrected chi connectivity index (χ4v) is 3.05. The lowest BCUT2D eigenvalue weighted by atomic mass is 10.1. The van der Waals surface area contributed by atoms with Crippen LogP contribution >= 0.6 is 11.6 Å². The number of aromatic amines is 1. The summed E-state index contributed by atoms with van der Waals surface area (Å²) in [6.07, 6.45) is 3.72. The van der Waals surface area contributed by atoms with Crippen LogP contribution in [0.15, 0.2) is 48.7 Å². The third-order valence-electron chi connectivity index (χ3n) is 4.25. The molecule has 3 N–H and O–H groups in total. The third kappa shape index (κ3) is 4.60. The molecule has 1 heterocycles. The zero-order chi connectivity index (χ0) is 19.2. The number of aryl methyl sites for hydroxylation is 1. The minimum absolute atomic E-state index is 0.254. The van der Waals surface area contributed by atoms with Gasteiger partial charge in [0.15, 0.2) is 0 Å². The van der Waals surface area contributed by atoms with Gasteiger partial charge in [0, 0.05) is 28.5 Å². The molecule has 3 rings (SSSR count). The van der Waals surface area contributed by atoms with Crippen molar-refractivity contribution in [3.8, 4) is 5.75 Å². The topological polar surface area (TPSA) is 83.2 Å². The van der Waals surface area contributed by atoms with Crippen LogP contribution in [0.3, 0.4) is 0 Å². The Morgan fingerprint density at radius 3 is 2.78 bits per heavy atom. The predicted octanol–water partition coefficient (Wildman–Crippen LogP) is 3.61. The number of ether oxygens (including phenoxy) is 1. The van der Waals surface area contributed by atoms with Crippen molar-refractivity contribution in [1.29, 1.82) is 0 Å². The molecular weight excluding hydrogens is 366 g/mol. The van der Waals surface area contributed by atoms with Gasteiger partial charge in [-0.25, -0.2) is 0 Å². The molecule has 2 aromatic carbocycles. The van der Waals surface area contributed by atoms with E-state index >= 15 is 0 Å². The highest BCUT2D eigenvalue weighted by atomic mass is 35.5. The molecule has 0 bridgehead atoms. The summed E-state index contributed by atoms with van der Waals surface area (Å²) in [6.45, 7) is 0. The first-order chi connectivity index (χ1) is 13.1. The molecule has 0 spiro atoms. The highest BCUT2D eigenvalue weighted by Gasteiger charge is 2.13. The zero-order valence-electron chi connectivity index (χ0n) is 14.8. The van der Waals surface area contributed by atoms with Gasteiger partial charge in [0.2, 0.25) is 5.91 Å². The van der Waals surface area contributed by atoms with Crippen LogP contribution in [0.5, 0.6) is 5.75 Å². The summed E-state index contributed by atoms with van der Waals surface area (Å²) in [4.78, 5) is 27.4. The number of rotatable bonds is 6. The SMILES string of the molecule is COc1cc(Cl)ccc1C(=O)NNC(=O)CCCc1c[nH]c2ccccc12. The van der Waals surface area contributed by atoms with Crippen molar-refractivity contribution in [2.24, 2.45) is 0 Å². The molecule has 0 aliphatic rings. The van der Waals surface area contributed by atoms with Gasteiger partial charge in [-0.1, -0.05) is 29.8 Å². The van der Waals surface area contributed by atoms with Crippen molar-refractivity contribution in [2.75, 3.05) is 7.11 Å². The third-order valence-corrected chi connectivity index (χ3v) is 4.48. The fourth-order valence-electron chi connectivity index (χ4n) is 2.89. The van der Waals surface area contributed by atoms with E-state index in [1.54, 1.807) is 18.2 Å². The number of aromatic nitrogens is 1. The molecule has 0 saturated carbocycles. The first-order valence-corrected chi connectivity index (χ1v) is 8.94. The van der Waals surface area contributed by atoms with E-state index in [1.807, 2.05) is 24.4 Å². The number of fused-ring (bicyclic) bond motifs is 1. The largest absolute Gasteiger partial charge is 0.496 e. The lowest BCUT2D eigenvalue weighted by Crippen LogP contribution is -2.41. The number of hydrogen-bond donors (Lipinski definition) is 3. The van der Waals surface area contributed by atoms with Crippen molar-refractivity contribution in [3.05, 3.63) is 64.8 Å². The first-order valence-electron chi connectivity index (χ1n) is 8.56. The molecule has 0 aliphatic heterocycles. The number of benzene rings is 2. The predicted molar refractivity (Wildman–Crippen MR) is 105 cm³/mol. The number of hydrazine groups is 1. The van der Waals surface area contributed by atoms with E-state index < -0.39 is 5.91 Å². The Kier molecular flexibility index (Phi) is 5.98. The second-order valence-corrected chi connectivity index (χ2v) is 6.50. The Hall–Kier alpha value is -2.99. The molecule has 0 radical (unpaired) electrons. The van der Waals surface area contributed by atoms with E-state index in [-0.39, 0.29) is 5.91 Å². The molecule has 6 nitrogen and oxygen atoms in total. The van der Waals surface area contributed by atoms with Gasteiger partial charge in [0.1, 0.15) is 5.75 Å².